The lowest BCUT2D eigenvalue weighted by molar-refractivity contribution is 0.186. The number of hydrogen-bond acceptors (Lipinski definition) is 2. The van der Waals surface area contributed by atoms with Crippen molar-refractivity contribution in [2.24, 2.45) is 11.8 Å². The van der Waals surface area contributed by atoms with E-state index in [-0.39, 0.29) is 0 Å². The summed E-state index contributed by atoms with van der Waals surface area (Å²) < 4.78 is 0. The summed E-state index contributed by atoms with van der Waals surface area (Å²) in [5, 5.41) is 3.33. The highest BCUT2D eigenvalue weighted by atomic mass is 15.2. The van der Waals surface area contributed by atoms with Crippen LogP contribution in [0.5, 0.6) is 0 Å². The van der Waals surface area contributed by atoms with Gasteiger partial charge in [0.2, 0.25) is 0 Å². The molecule has 2 aliphatic rings. The molecule has 2 rings (SSSR count). The Kier molecular flexibility index (Phi) is 2.37. The van der Waals surface area contributed by atoms with E-state index in [1.807, 2.05) is 0 Å². The smallest absolute Gasteiger partial charge is 0.00701 e. The van der Waals surface area contributed by atoms with Gasteiger partial charge in [-0.2, -0.15) is 0 Å². The van der Waals surface area contributed by atoms with E-state index in [1.54, 1.807) is 0 Å². The number of rotatable bonds is 2. The Morgan fingerprint density at radius 2 is 2.08 bits per heavy atom. The first-order valence-electron chi connectivity index (χ1n) is 5.20. The Hall–Kier alpha value is -0.0800. The van der Waals surface area contributed by atoms with Crippen molar-refractivity contribution in [3.8, 4) is 0 Å². The van der Waals surface area contributed by atoms with Gasteiger partial charge in [0.25, 0.3) is 0 Å². The van der Waals surface area contributed by atoms with Crippen molar-refractivity contribution in [1.29, 1.82) is 0 Å². The van der Waals surface area contributed by atoms with Crippen LogP contribution in [0.1, 0.15) is 20.3 Å². The topological polar surface area (TPSA) is 15.3 Å². The van der Waals surface area contributed by atoms with Gasteiger partial charge in [0.15, 0.2) is 0 Å². The van der Waals surface area contributed by atoms with Gasteiger partial charge >= 0.3 is 0 Å². The van der Waals surface area contributed by atoms with Crippen LogP contribution >= 0.6 is 0 Å². The molecule has 2 nitrogen and oxygen atoms in total. The van der Waals surface area contributed by atoms with E-state index in [2.05, 4.69) is 24.1 Å². The zero-order valence-corrected chi connectivity index (χ0v) is 8.21. The molecule has 0 bridgehead atoms. The van der Waals surface area contributed by atoms with E-state index in [0.29, 0.717) is 0 Å². The van der Waals surface area contributed by atoms with Crippen molar-refractivity contribution in [3.05, 3.63) is 0 Å². The molecular formula is C10H20N2. The summed E-state index contributed by atoms with van der Waals surface area (Å²) in [7, 11) is 0. The Labute approximate surface area is 75.3 Å². The summed E-state index contributed by atoms with van der Waals surface area (Å²) in [4.78, 5) is 2.66. The molecule has 0 saturated carbocycles. The quantitative estimate of drug-likeness (QED) is 0.660. The van der Waals surface area contributed by atoms with E-state index >= 15 is 0 Å². The van der Waals surface area contributed by atoms with Crippen molar-refractivity contribution >= 4 is 0 Å². The molecule has 0 aliphatic carbocycles. The first-order chi connectivity index (χ1) is 5.75. The van der Waals surface area contributed by atoms with Crippen molar-refractivity contribution < 1.29 is 0 Å². The minimum Gasteiger partial charge on any atom is -0.316 e. The van der Waals surface area contributed by atoms with Crippen LogP contribution in [0.15, 0.2) is 0 Å². The maximum atomic E-state index is 3.33. The molecule has 2 atom stereocenters. The molecule has 0 radical (unpaired) electrons. The van der Waals surface area contributed by atoms with E-state index in [4.69, 9.17) is 0 Å². The second-order valence-electron chi connectivity index (χ2n) is 4.67. The van der Waals surface area contributed by atoms with E-state index in [9.17, 15) is 0 Å². The van der Waals surface area contributed by atoms with Crippen LogP contribution in [-0.4, -0.2) is 37.1 Å². The number of nitrogens with one attached hydrogen (secondary N) is 1. The molecule has 0 aromatic rings. The Morgan fingerprint density at radius 3 is 2.50 bits per heavy atom. The summed E-state index contributed by atoms with van der Waals surface area (Å²) in [6.45, 7) is 9.90. The van der Waals surface area contributed by atoms with Crippen LogP contribution < -0.4 is 5.32 Å². The largest absolute Gasteiger partial charge is 0.316 e. The highest BCUT2D eigenvalue weighted by Crippen LogP contribution is 2.23. The summed E-state index contributed by atoms with van der Waals surface area (Å²) in [6, 6.07) is 0.834. The summed E-state index contributed by atoms with van der Waals surface area (Å²) >= 11 is 0. The monoisotopic (exact) mass is 168 g/mol. The standard InChI is InChI=1S/C10H20N2/c1-8-3-9(2)12(6-8)7-10-4-11-5-10/h8-11H,3-7H2,1-2H3. The molecule has 0 aromatic carbocycles. The molecule has 0 spiro atoms. The van der Waals surface area contributed by atoms with Gasteiger partial charge < -0.3 is 10.2 Å². The SMILES string of the molecule is CC1CC(C)N(CC2CNC2)C1. The van der Waals surface area contributed by atoms with Crippen LogP contribution in [0.4, 0.5) is 0 Å². The average molecular weight is 168 g/mol. The van der Waals surface area contributed by atoms with E-state index in [1.165, 1.54) is 32.6 Å². The summed E-state index contributed by atoms with van der Waals surface area (Å²) in [5.41, 5.74) is 0. The molecule has 2 heterocycles. The predicted octanol–water partition coefficient (Wildman–Crippen LogP) is 0.936. The van der Waals surface area contributed by atoms with Crippen molar-refractivity contribution in [2.75, 3.05) is 26.2 Å². The Balaban J connectivity index is 1.79. The Bertz CT molecular complexity index is 154. The molecule has 70 valence electrons. The lowest BCUT2D eigenvalue weighted by Gasteiger charge is -2.33. The van der Waals surface area contributed by atoms with Gasteiger partial charge in [-0.05, 0) is 25.2 Å². The fourth-order valence-corrected chi connectivity index (χ4v) is 2.45. The normalized spacial score (nSPS) is 38.5. The first-order valence-corrected chi connectivity index (χ1v) is 5.20. The average Bonchev–Trinajstić information content (AvgIpc) is 2.21. The van der Waals surface area contributed by atoms with Gasteiger partial charge in [0.1, 0.15) is 0 Å². The van der Waals surface area contributed by atoms with Crippen LogP contribution in [-0.2, 0) is 0 Å². The molecule has 2 fully saturated rings. The Morgan fingerprint density at radius 1 is 1.33 bits per heavy atom. The third-order valence-corrected chi connectivity index (χ3v) is 3.27. The number of nitrogens with zero attached hydrogens (tertiary/aromatic N) is 1. The molecule has 2 aliphatic heterocycles. The van der Waals surface area contributed by atoms with Gasteiger partial charge in [0.05, 0.1) is 0 Å². The third-order valence-electron chi connectivity index (χ3n) is 3.27. The minimum atomic E-state index is 0.834. The van der Waals surface area contributed by atoms with Gasteiger partial charge in [-0.3, -0.25) is 0 Å². The van der Waals surface area contributed by atoms with Crippen molar-refractivity contribution in [2.45, 2.75) is 26.3 Å². The number of likely N-dealkylation sites (tertiary alicyclic amines) is 1. The second kappa shape index (κ2) is 3.35. The molecule has 1 N–H and O–H groups in total. The number of hydrogen-bond donors (Lipinski definition) is 1. The zero-order valence-electron chi connectivity index (χ0n) is 8.21. The second-order valence-corrected chi connectivity index (χ2v) is 4.67. The van der Waals surface area contributed by atoms with Gasteiger partial charge in [-0.1, -0.05) is 6.92 Å². The predicted molar refractivity (Wildman–Crippen MR) is 51.2 cm³/mol. The van der Waals surface area contributed by atoms with Gasteiger partial charge in [0, 0.05) is 32.2 Å². The molecule has 0 aromatic heterocycles. The fraction of sp³-hybridized carbons (Fsp3) is 1.00. The first kappa shape index (κ1) is 8.52. The maximum Gasteiger partial charge on any atom is 0.00701 e. The molecule has 2 saturated heterocycles. The highest BCUT2D eigenvalue weighted by molar-refractivity contribution is 4.85. The molecule has 12 heavy (non-hydrogen) atoms. The lowest BCUT2D eigenvalue weighted by atomic mass is 10.0. The van der Waals surface area contributed by atoms with Crippen LogP contribution in [0.25, 0.3) is 0 Å². The zero-order chi connectivity index (χ0) is 8.55. The minimum absolute atomic E-state index is 0.834. The van der Waals surface area contributed by atoms with Crippen molar-refractivity contribution in [3.63, 3.8) is 0 Å². The van der Waals surface area contributed by atoms with Crippen LogP contribution in [0.2, 0.25) is 0 Å². The van der Waals surface area contributed by atoms with Crippen molar-refractivity contribution in [1.82, 2.24) is 10.2 Å². The molecule has 2 unspecified atom stereocenters. The van der Waals surface area contributed by atoms with Gasteiger partial charge in [-0.25, -0.2) is 0 Å². The van der Waals surface area contributed by atoms with Crippen LogP contribution in [0.3, 0.4) is 0 Å². The van der Waals surface area contributed by atoms with Gasteiger partial charge in [-0.15, -0.1) is 0 Å². The highest BCUT2D eigenvalue weighted by Gasteiger charge is 2.29. The third kappa shape index (κ3) is 1.64. The lowest BCUT2D eigenvalue weighted by Crippen LogP contribution is -2.48. The van der Waals surface area contributed by atoms with E-state index < -0.39 is 0 Å². The van der Waals surface area contributed by atoms with E-state index in [0.717, 1.165) is 17.9 Å². The molecule has 0 amide bonds. The molecular weight excluding hydrogens is 148 g/mol. The molecule has 2 heteroatoms. The summed E-state index contributed by atoms with van der Waals surface area (Å²) in [5.74, 6) is 1.87. The summed E-state index contributed by atoms with van der Waals surface area (Å²) in [6.07, 6.45) is 1.40. The van der Waals surface area contributed by atoms with Crippen LogP contribution in [0, 0.1) is 11.8 Å². The fourth-order valence-electron chi connectivity index (χ4n) is 2.45. The maximum absolute atomic E-state index is 3.33.